The van der Waals surface area contributed by atoms with E-state index in [-0.39, 0.29) is 17.9 Å². The first kappa shape index (κ1) is 19.9. The minimum Gasteiger partial charge on any atom is -0.326 e. The third-order valence-corrected chi connectivity index (χ3v) is 4.09. The molecule has 2 aromatic rings. The molecule has 1 heterocycles. The van der Waals surface area contributed by atoms with Crippen LogP contribution in [0.4, 0.5) is 5.69 Å². The molecule has 0 radical (unpaired) electrons. The smallest absolute Gasteiger partial charge is 0.229 e. The summed E-state index contributed by atoms with van der Waals surface area (Å²) in [6.45, 7) is 11.9. The van der Waals surface area contributed by atoms with Gasteiger partial charge >= 0.3 is 0 Å². The minimum atomic E-state index is -0.0185. The van der Waals surface area contributed by atoms with Crippen LogP contribution in [-0.4, -0.2) is 20.9 Å². The molecule has 0 bridgehead atoms. The summed E-state index contributed by atoms with van der Waals surface area (Å²) in [7, 11) is 0. The standard InChI is InChI=1S/C15H18N4O.2C2H6/c1-10-11(2)19(18-17-10)14-9-8-13(14)15(20)16-12-6-4-3-5-7-12;2*1-2/h3-7,13-14H,8-9H2,1-2H3,(H,16,20);2*1-2H3/t13-,14-;;/m0../s1. The van der Waals surface area contributed by atoms with Crippen molar-refractivity contribution in [2.24, 2.45) is 5.92 Å². The van der Waals surface area contributed by atoms with Crippen molar-refractivity contribution in [2.45, 2.75) is 60.4 Å². The van der Waals surface area contributed by atoms with E-state index in [0.29, 0.717) is 0 Å². The molecule has 2 atom stereocenters. The zero-order valence-corrected chi connectivity index (χ0v) is 15.7. The first-order valence-electron chi connectivity index (χ1n) is 8.91. The van der Waals surface area contributed by atoms with E-state index in [4.69, 9.17) is 0 Å². The average molecular weight is 330 g/mol. The molecule has 1 saturated carbocycles. The van der Waals surface area contributed by atoms with Gasteiger partial charge in [-0.15, -0.1) is 5.10 Å². The van der Waals surface area contributed by atoms with Crippen molar-refractivity contribution in [2.75, 3.05) is 5.32 Å². The van der Waals surface area contributed by atoms with Crippen LogP contribution in [0, 0.1) is 19.8 Å². The summed E-state index contributed by atoms with van der Waals surface area (Å²) in [5.41, 5.74) is 2.82. The Balaban J connectivity index is 0.000000671. The molecule has 1 aromatic carbocycles. The Kier molecular flexibility index (Phi) is 8.16. The van der Waals surface area contributed by atoms with Crippen LogP contribution in [0.1, 0.15) is 58.0 Å². The number of hydrogen-bond acceptors (Lipinski definition) is 3. The molecule has 1 aromatic heterocycles. The fraction of sp³-hybridized carbons (Fsp3) is 0.526. The zero-order valence-electron chi connectivity index (χ0n) is 15.7. The van der Waals surface area contributed by atoms with Gasteiger partial charge in [-0.1, -0.05) is 51.1 Å². The summed E-state index contributed by atoms with van der Waals surface area (Å²) in [5, 5.41) is 11.2. The molecule has 0 aliphatic heterocycles. The highest BCUT2D eigenvalue weighted by molar-refractivity contribution is 5.93. The van der Waals surface area contributed by atoms with Crippen molar-refractivity contribution in [1.29, 1.82) is 0 Å². The second kappa shape index (κ2) is 9.85. The molecule has 24 heavy (non-hydrogen) atoms. The van der Waals surface area contributed by atoms with Crippen LogP contribution in [0.25, 0.3) is 0 Å². The van der Waals surface area contributed by atoms with Crippen molar-refractivity contribution in [3.8, 4) is 0 Å². The van der Waals surface area contributed by atoms with Crippen LogP contribution in [-0.2, 0) is 4.79 Å². The molecular weight excluding hydrogens is 300 g/mol. The number of amides is 1. The number of aromatic nitrogens is 3. The van der Waals surface area contributed by atoms with Gasteiger partial charge in [-0.2, -0.15) is 0 Å². The Hall–Kier alpha value is -2.17. The predicted octanol–water partition coefficient (Wildman–Crippen LogP) is 4.54. The summed E-state index contributed by atoms with van der Waals surface area (Å²) >= 11 is 0. The van der Waals surface area contributed by atoms with Gasteiger partial charge in [-0.05, 0) is 38.8 Å². The van der Waals surface area contributed by atoms with E-state index < -0.39 is 0 Å². The molecule has 132 valence electrons. The summed E-state index contributed by atoms with van der Waals surface area (Å²) in [6.07, 6.45) is 1.89. The van der Waals surface area contributed by atoms with E-state index in [9.17, 15) is 4.79 Å². The third kappa shape index (κ3) is 4.43. The quantitative estimate of drug-likeness (QED) is 0.899. The Bertz CT molecular complexity index is 622. The molecule has 0 unspecified atom stereocenters. The lowest BCUT2D eigenvalue weighted by molar-refractivity contribution is -0.124. The van der Waals surface area contributed by atoms with Gasteiger partial charge in [0, 0.05) is 5.69 Å². The van der Waals surface area contributed by atoms with Crippen molar-refractivity contribution in [3.63, 3.8) is 0 Å². The molecule has 0 spiro atoms. The van der Waals surface area contributed by atoms with E-state index in [1.54, 1.807) is 0 Å². The Morgan fingerprint density at radius 2 is 1.71 bits per heavy atom. The predicted molar refractivity (Wildman–Crippen MR) is 99.0 cm³/mol. The highest BCUT2D eigenvalue weighted by Gasteiger charge is 2.39. The van der Waals surface area contributed by atoms with Crippen molar-refractivity contribution in [3.05, 3.63) is 41.7 Å². The molecule has 1 aliphatic rings. The maximum Gasteiger partial charge on any atom is 0.229 e. The Morgan fingerprint density at radius 1 is 1.08 bits per heavy atom. The van der Waals surface area contributed by atoms with Crippen molar-refractivity contribution >= 4 is 11.6 Å². The van der Waals surface area contributed by atoms with Gasteiger partial charge < -0.3 is 5.32 Å². The first-order chi connectivity index (χ1) is 11.7. The number of carbonyl (C=O) groups excluding carboxylic acids is 1. The molecule has 3 rings (SSSR count). The number of hydrogen-bond donors (Lipinski definition) is 1. The Labute approximate surface area is 145 Å². The number of para-hydroxylation sites is 1. The topological polar surface area (TPSA) is 59.8 Å². The van der Waals surface area contributed by atoms with Gasteiger partial charge in [-0.25, -0.2) is 4.68 Å². The van der Waals surface area contributed by atoms with Crippen LogP contribution in [0.2, 0.25) is 0 Å². The van der Waals surface area contributed by atoms with E-state index >= 15 is 0 Å². The van der Waals surface area contributed by atoms with Crippen LogP contribution in [0.15, 0.2) is 30.3 Å². The van der Waals surface area contributed by atoms with E-state index in [1.165, 1.54) is 0 Å². The van der Waals surface area contributed by atoms with Crippen LogP contribution < -0.4 is 5.32 Å². The van der Waals surface area contributed by atoms with Gasteiger partial charge in [-0.3, -0.25) is 4.79 Å². The number of benzene rings is 1. The van der Waals surface area contributed by atoms with Crippen molar-refractivity contribution in [1.82, 2.24) is 15.0 Å². The lowest BCUT2D eigenvalue weighted by atomic mass is 9.78. The van der Waals surface area contributed by atoms with Crippen LogP contribution in [0.3, 0.4) is 0 Å². The number of nitrogens with one attached hydrogen (secondary N) is 1. The van der Waals surface area contributed by atoms with Gasteiger partial charge in [0.15, 0.2) is 0 Å². The normalized spacial score (nSPS) is 18.2. The maximum atomic E-state index is 12.3. The molecular formula is C19H30N4O. The highest BCUT2D eigenvalue weighted by Crippen LogP contribution is 2.39. The summed E-state index contributed by atoms with van der Waals surface area (Å²) in [4.78, 5) is 12.3. The first-order valence-corrected chi connectivity index (χ1v) is 8.91. The number of anilines is 1. The van der Waals surface area contributed by atoms with Gasteiger partial charge in [0.1, 0.15) is 0 Å². The number of aryl methyl sites for hydroxylation is 1. The second-order valence-corrected chi connectivity index (χ2v) is 5.31. The lowest BCUT2D eigenvalue weighted by Crippen LogP contribution is -2.39. The van der Waals surface area contributed by atoms with Gasteiger partial charge in [0.2, 0.25) is 5.91 Å². The summed E-state index contributed by atoms with van der Waals surface area (Å²) in [5.74, 6) is 0.0509. The van der Waals surface area contributed by atoms with Crippen molar-refractivity contribution < 1.29 is 4.79 Å². The summed E-state index contributed by atoms with van der Waals surface area (Å²) < 4.78 is 1.90. The van der Waals surface area contributed by atoms with Gasteiger partial charge in [0.05, 0.1) is 23.3 Å². The summed E-state index contributed by atoms with van der Waals surface area (Å²) in [6, 6.07) is 9.70. The van der Waals surface area contributed by atoms with Gasteiger partial charge in [0.25, 0.3) is 0 Å². The van der Waals surface area contributed by atoms with E-state index in [1.807, 2.05) is 76.6 Å². The molecule has 1 fully saturated rings. The number of carbonyl (C=O) groups is 1. The highest BCUT2D eigenvalue weighted by atomic mass is 16.2. The van der Waals surface area contributed by atoms with Crippen LogP contribution >= 0.6 is 0 Å². The molecule has 1 aliphatic carbocycles. The van der Waals surface area contributed by atoms with Crippen LogP contribution in [0.5, 0.6) is 0 Å². The maximum absolute atomic E-state index is 12.3. The Morgan fingerprint density at radius 3 is 2.17 bits per heavy atom. The monoisotopic (exact) mass is 330 g/mol. The fourth-order valence-electron chi connectivity index (χ4n) is 2.57. The minimum absolute atomic E-state index is 0.0185. The molecule has 1 amide bonds. The van der Waals surface area contributed by atoms with E-state index in [0.717, 1.165) is 29.9 Å². The molecule has 5 heteroatoms. The van der Waals surface area contributed by atoms with E-state index in [2.05, 4.69) is 15.6 Å². The molecule has 0 saturated heterocycles. The molecule has 1 N–H and O–H groups in total. The third-order valence-electron chi connectivity index (χ3n) is 4.09. The SMILES string of the molecule is CC.CC.Cc1nnn([C@H]2CC[C@@H]2C(=O)Nc2ccccc2)c1C. The largest absolute Gasteiger partial charge is 0.326 e. The number of rotatable bonds is 3. The second-order valence-electron chi connectivity index (χ2n) is 5.31. The number of nitrogens with zero attached hydrogens (tertiary/aromatic N) is 3. The fourth-order valence-corrected chi connectivity index (χ4v) is 2.57. The average Bonchev–Trinajstić information content (AvgIpc) is 2.91. The lowest BCUT2D eigenvalue weighted by Gasteiger charge is -2.35. The molecule has 5 nitrogen and oxygen atoms in total. The zero-order chi connectivity index (χ0) is 18.1.